The topological polar surface area (TPSA) is 60.9 Å². The van der Waals surface area contributed by atoms with Crippen molar-refractivity contribution in [1.82, 2.24) is 9.80 Å². The Morgan fingerprint density at radius 3 is 2.55 bits per heavy atom. The fourth-order valence-corrected chi connectivity index (χ4v) is 2.07. The zero-order valence-electron chi connectivity index (χ0n) is 12.3. The van der Waals surface area contributed by atoms with Gasteiger partial charge in [0.1, 0.15) is 6.54 Å². The van der Waals surface area contributed by atoms with Gasteiger partial charge in [0.2, 0.25) is 0 Å². The van der Waals surface area contributed by atoms with Gasteiger partial charge in [0.05, 0.1) is 0 Å². The van der Waals surface area contributed by atoms with Crippen LogP contribution in [-0.4, -0.2) is 47.0 Å². The number of carboxylic acid groups (broad SMARTS) is 1. The minimum atomic E-state index is -0.990. The summed E-state index contributed by atoms with van der Waals surface area (Å²) in [6.45, 7) is 4.58. The molecule has 0 aliphatic heterocycles. The van der Waals surface area contributed by atoms with Crippen molar-refractivity contribution in [3.8, 4) is 0 Å². The highest BCUT2D eigenvalue weighted by Crippen LogP contribution is 2.08. The molecule has 0 atom stereocenters. The molecule has 0 heterocycles. The zero-order valence-corrected chi connectivity index (χ0v) is 12.3. The van der Waals surface area contributed by atoms with Gasteiger partial charge >= 0.3 is 12.0 Å². The van der Waals surface area contributed by atoms with Crippen LogP contribution in [0.25, 0.3) is 0 Å². The van der Waals surface area contributed by atoms with E-state index in [1.165, 1.54) is 4.90 Å². The van der Waals surface area contributed by atoms with Crippen molar-refractivity contribution in [2.45, 2.75) is 26.8 Å². The quantitative estimate of drug-likeness (QED) is 0.869. The van der Waals surface area contributed by atoms with E-state index < -0.39 is 5.97 Å². The Hall–Kier alpha value is -2.04. The predicted octanol–water partition coefficient (Wildman–Crippen LogP) is 2.34. The van der Waals surface area contributed by atoms with Crippen molar-refractivity contribution < 1.29 is 14.7 Å². The first-order chi connectivity index (χ1) is 9.43. The molecule has 1 aromatic carbocycles. The largest absolute Gasteiger partial charge is 0.480 e. The third-order valence-corrected chi connectivity index (χ3v) is 2.92. The Morgan fingerprint density at radius 2 is 2.00 bits per heavy atom. The maximum absolute atomic E-state index is 12.2. The fourth-order valence-electron chi connectivity index (χ4n) is 2.07. The van der Waals surface area contributed by atoms with E-state index in [1.54, 1.807) is 11.9 Å². The summed E-state index contributed by atoms with van der Waals surface area (Å²) in [6.07, 6.45) is 0.733. The van der Waals surface area contributed by atoms with Crippen LogP contribution < -0.4 is 0 Å². The molecule has 0 spiro atoms. The smallest absolute Gasteiger partial charge is 0.323 e. The molecule has 0 fully saturated rings. The van der Waals surface area contributed by atoms with Crippen LogP contribution in [0.2, 0.25) is 0 Å². The number of carbonyl (C=O) groups excluding carboxylic acids is 1. The lowest BCUT2D eigenvalue weighted by Crippen LogP contribution is -2.43. The number of amides is 2. The highest BCUT2D eigenvalue weighted by atomic mass is 16.4. The van der Waals surface area contributed by atoms with Crippen molar-refractivity contribution >= 4 is 12.0 Å². The van der Waals surface area contributed by atoms with E-state index in [9.17, 15) is 9.59 Å². The molecule has 0 saturated heterocycles. The monoisotopic (exact) mass is 278 g/mol. The summed E-state index contributed by atoms with van der Waals surface area (Å²) >= 11 is 0. The molecule has 0 aliphatic carbocycles. The van der Waals surface area contributed by atoms with Crippen LogP contribution in [0.1, 0.15) is 24.5 Å². The first kappa shape index (κ1) is 16.0. The molecule has 5 heteroatoms. The van der Waals surface area contributed by atoms with Crippen molar-refractivity contribution in [1.29, 1.82) is 0 Å². The van der Waals surface area contributed by atoms with Gasteiger partial charge in [-0.05, 0) is 18.9 Å². The average Bonchev–Trinajstić information content (AvgIpc) is 2.36. The molecular formula is C15H22N2O3. The second kappa shape index (κ2) is 7.53. The molecule has 0 bridgehead atoms. The molecule has 1 N–H and O–H groups in total. The fraction of sp³-hybridized carbons (Fsp3) is 0.467. The maximum atomic E-state index is 12.2. The lowest BCUT2D eigenvalue weighted by atomic mass is 10.1. The van der Waals surface area contributed by atoms with Gasteiger partial charge in [-0.25, -0.2) is 4.79 Å². The summed E-state index contributed by atoms with van der Waals surface area (Å²) in [5, 5.41) is 8.85. The van der Waals surface area contributed by atoms with Crippen LogP contribution in [0.15, 0.2) is 24.3 Å². The van der Waals surface area contributed by atoms with E-state index in [1.807, 2.05) is 38.1 Å². The van der Waals surface area contributed by atoms with E-state index in [0.717, 1.165) is 17.5 Å². The van der Waals surface area contributed by atoms with Gasteiger partial charge < -0.3 is 14.9 Å². The second-order valence-corrected chi connectivity index (χ2v) is 4.94. The van der Waals surface area contributed by atoms with Crippen molar-refractivity contribution in [3.63, 3.8) is 0 Å². The standard InChI is InChI=1S/C15H22N2O3/c1-4-8-17(11-14(18)19)15(20)16(3)10-13-7-5-6-12(2)9-13/h5-7,9H,4,8,10-11H2,1-3H3,(H,18,19). The van der Waals surface area contributed by atoms with Gasteiger partial charge in [-0.3, -0.25) is 4.79 Å². The number of nitrogens with zero attached hydrogens (tertiary/aromatic N) is 2. The second-order valence-electron chi connectivity index (χ2n) is 4.94. The number of hydrogen-bond acceptors (Lipinski definition) is 2. The minimum absolute atomic E-state index is 0.254. The highest BCUT2D eigenvalue weighted by Gasteiger charge is 2.19. The van der Waals surface area contributed by atoms with Crippen LogP contribution in [0.3, 0.4) is 0 Å². The number of aliphatic carboxylic acids is 1. The SMILES string of the molecule is CCCN(CC(=O)O)C(=O)N(C)Cc1cccc(C)c1. The van der Waals surface area contributed by atoms with Crippen LogP contribution >= 0.6 is 0 Å². The molecule has 20 heavy (non-hydrogen) atoms. The van der Waals surface area contributed by atoms with Crippen molar-refractivity contribution in [3.05, 3.63) is 35.4 Å². The molecule has 0 aromatic heterocycles. The first-order valence-corrected chi connectivity index (χ1v) is 6.71. The summed E-state index contributed by atoms with van der Waals surface area (Å²) in [5.41, 5.74) is 2.17. The highest BCUT2D eigenvalue weighted by molar-refractivity contribution is 5.80. The first-order valence-electron chi connectivity index (χ1n) is 6.71. The third kappa shape index (κ3) is 4.91. The number of carboxylic acids is 1. The molecule has 0 unspecified atom stereocenters. The normalized spacial score (nSPS) is 10.2. The summed E-state index contributed by atoms with van der Waals surface area (Å²) in [6, 6.07) is 7.67. The van der Waals surface area contributed by atoms with E-state index in [0.29, 0.717) is 13.1 Å². The number of aryl methyl sites for hydroxylation is 1. The zero-order chi connectivity index (χ0) is 15.1. The van der Waals surface area contributed by atoms with Gasteiger partial charge in [-0.2, -0.15) is 0 Å². The number of carbonyl (C=O) groups is 2. The number of benzene rings is 1. The molecule has 5 nitrogen and oxygen atoms in total. The molecule has 0 aliphatic rings. The third-order valence-electron chi connectivity index (χ3n) is 2.92. The van der Waals surface area contributed by atoms with Crippen LogP contribution in [0.4, 0.5) is 4.79 Å². The summed E-state index contributed by atoms with van der Waals surface area (Å²) in [7, 11) is 1.69. The van der Waals surface area contributed by atoms with Crippen LogP contribution in [0, 0.1) is 6.92 Å². The predicted molar refractivity (Wildman–Crippen MR) is 77.5 cm³/mol. The summed E-state index contributed by atoms with van der Waals surface area (Å²) in [5.74, 6) is -0.990. The molecular weight excluding hydrogens is 256 g/mol. The lowest BCUT2D eigenvalue weighted by molar-refractivity contribution is -0.137. The Kier molecular flexibility index (Phi) is 6.03. The van der Waals surface area contributed by atoms with Crippen molar-refractivity contribution in [2.24, 2.45) is 0 Å². The number of rotatable bonds is 6. The Bertz CT molecular complexity index is 474. The summed E-state index contributed by atoms with van der Waals surface area (Å²) < 4.78 is 0. The van der Waals surface area contributed by atoms with E-state index in [-0.39, 0.29) is 12.6 Å². The minimum Gasteiger partial charge on any atom is -0.480 e. The molecule has 0 radical (unpaired) electrons. The van der Waals surface area contributed by atoms with Gasteiger partial charge in [-0.1, -0.05) is 36.8 Å². The number of urea groups is 1. The molecule has 0 saturated carbocycles. The van der Waals surface area contributed by atoms with Crippen molar-refractivity contribution in [2.75, 3.05) is 20.1 Å². The Balaban J connectivity index is 2.70. The van der Waals surface area contributed by atoms with Crippen LogP contribution in [-0.2, 0) is 11.3 Å². The van der Waals surface area contributed by atoms with Gasteiger partial charge in [0.15, 0.2) is 0 Å². The Labute approximate surface area is 119 Å². The van der Waals surface area contributed by atoms with Gasteiger partial charge in [-0.15, -0.1) is 0 Å². The van der Waals surface area contributed by atoms with E-state index >= 15 is 0 Å². The van der Waals surface area contributed by atoms with Crippen LogP contribution in [0.5, 0.6) is 0 Å². The van der Waals surface area contributed by atoms with E-state index in [4.69, 9.17) is 5.11 Å². The maximum Gasteiger partial charge on any atom is 0.323 e. The molecule has 2 amide bonds. The van der Waals surface area contributed by atoms with E-state index in [2.05, 4.69) is 0 Å². The van der Waals surface area contributed by atoms with Gasteiger partial charge in [0.25, 0.3) is 0 Å². The number of hydrogen-bond donors (Lipinski definition) is 1. The molecule has 110 valence electrons. The lowest BCUT2D eigenvalue weighted by Gasteiger charge is -2.26. The molecule has 1 rings (SSSR count). The summed E-state index contributed by atoms with van der Waals surface area (Å²) in [4.78, 5) is 26.0. The average molecular weight is 278 g/mol. The van der Waals surface area contributed by atoms with Gasteiger partial charge in [0, 0.05) is 20.1 Å². The Morgan fingerprint density at radius 1 is 1.30 bits per heavy atom. The molecule has 1 aromatic rings.